The minimum Gasteiger partial charge on any atom is -0.393 e. The maximum Gasteiger partial charge on any atom is 0.0704 e. The van der Waals surface area contributed by atoms with Crippen LogP contribution in [0.2, 0.25) is 0 Å². The molecular weight excluding hydrogens is 222 g/mol. The van der Waals surface area contributed by atoms with E-state index in [0.29, 0.717) is 0 Å². The van der Waals surface area contributed by atoms with Gasteiger partial charge in [-0.15, -0.1) is 0 Å². The van der Waals surface area contributed by atoms with Gasteiger partial charge in [-0.1, -0.05) is 31.5 Å². The highest BCUT2D eigenvalue weighted by Crippen LogP contribution is 2.18. The SMILES string of the molecule is CCCC(O)CCCc1ccnc2ccccc12. The summed E-state index contributed by atoms with van der Waals surface area (Å²) >= 11 is 0. The highest BCUT2D eigenvalue weighted by atomic mass is 16.3. The summed E-state index contributed by atoms with van der Waals surface area (Å²) in [5, 5.41) is 11.0. The second kappa shape index (κ2) is 6.50. The monoisotopic (exact) mass is 243 g/mol. The first-order valence-corrected chi connectivity index (χ1v) is 6.82. The number of pyridine rings is 1. The van der Waals surface area contributed by atoms with Crippen molar-refractivity contribution in [3.05, 3.63) is 42.1 Å². The van der Waals surface area contributed by atoms with Crippen LogP contribution in [-0.2, 0) is 6.42 Å². The highest BCUT2D eigenvalue weighted by molar-refractivity contribution is 5.81. The van der Waals surface area contributed by atoms with Gasteiger partial charge in [-0.3, -0.25) is 4.98 Å². The number of aliphatic hydroxyl groups is 1. The molecule has 2 rings (SSSR count). The third-order valence-electron chi connectivity index (χ3n) is 3.34. The molecule has 0 fully saturated rings. The predicted molar refractivity (Wildman–Crippen MR) is 75.6 cm³/mol. The standard InChI is InChI=1S/C16H21NO/c1-2-6-14(18)8-5-7-13-11-12-17-16-10-4-3-9-15(13)16/h3-4,9-12,14,18H,2,5-8H2,1H3. The lowest BCUT2D eigenvalue weighted by molar-refractivity contribution is 0.151. The van der Waals surface area contributed by atoms with Crippen LogP contribution in [0.4, 0.5) is 0 Å². The van der Waals surface area contributed by atoms with Gasteiger partial charge in [0.2, 0.25) is 0 Å². The van der Waals surface area contributed by atoms with Gasteiger partial charge in [-0.05, 0) is 43.4 Å². The first-order valence-electron chi connectivity index (χ1n) is 6.82. The number of para-hydroxylation sites is 1. The number of aliphatic hydroxyl groups excluding tert-OH is 1. The summed E-state index contributed by atoms with van der Waals surface area (Å²) in [6.45, 7) is 2.11. The van der Waals surface area contributed by atoms with Crippen LogP contribution in [0.3, 0.4) is 0 Å². The fraction of sp³-hybridized carbons (Fsp3) is 0.438. The van der Waals surface area contributed by atoms with Crippen molar-refractivity contribution in [3.8, 4) is 0 Å². The molecule has 2 nitrogen and oxygen atoms in total. The van der Waals surface area contributed by atoms with E-state index >= 15 is 0 Å². The number of fused-ring (bicyclic) bond motifs is 1. The number of nitrogens with zero attached hydrogens (tertiary/aromatic N) is 1. The third-order valence-corrected chi connectivity index (χ3v) is 3.34. The van der Waals surface area contributed by atoms with Gasteiger partial charge in [0.1, 0.15) is 0 Å². The topological polar surface area (TPSA) is 33.1 Å². The molecular formula is C16H21NO. The summed E-state index contributed by atoms with van der Waals surface area (Å²) in [5.74, 6) is 0. The molecule has 1 unspecified atom stereocenters. The van der Waals surface area contributed by atoms with Crippen LogP contribution in [-0.4, -0.2) is 16.2 Å². The maximum absolute atomic E-state index is 9.73. The fourth-order valence-corrected chi connectivity index (χ4v) is 2.38. The Morgan fingerprint density at radius 2 is 2.00 bits per heavy atom. The van der Waals surface area contributed by atoms with Gasteiger partial charge in [0.15, 0.2) is 0 Å². The van der Waals surface area contributed by atoms with Crippen LogP contribution < -0.4 is 0 Å². The number of rotatable bonds is 6. The molecule has 1 atom stereocenters. The Morgan fingerprint density at radius 1 is 1.17 bits per heavy atom. The number of aromatic nitrogens is 1. The predicted octanol–water partition coefficient (Wildman–Crippen LogP) is 3.72. The average molecular weight is 243 g/mol. The van der Waals surface area contributed by atoms with E-state index in [1.54, 1.807) is 0 Å². The summed E-state index contributed by atoms with van der Waals surface area (Å²) < 4.78 is 0. The van der Waals surface area contributed by atoms with Gasteiger partial charge in [-0.25, -0.2) is 0 Å². The normalized spacial score (nSPS) is 12.8. The summed E-state index contributed by atoms with van der Waals surface area (Å²) in [6, 6.07) is 10.3. The van der Waals surface area contributed by atoms with Crippen molar-refractivity contribution in [1.29, 1.82) is 0 Å². The smallest absolute Gasteiger partial charge is 0.0704 e. The van der Waals surface area contributed by atoms with Crippen molar-refractivity contribution >= 4 is 10.9 Å². The molecule has 0 bridgehead atoms. The number of hydrogen-bond acceptors (Lipinski definition) is 2. The molecule has 0 spiro atoms. The summed E-state index contributed by atoms with van der Waals surface area (Å²) in [5.41, 5.74) is 2.40. The van der Waals surface area contributed by atoms with Crippen molar-refractivity contribution in [2.24, 2.45) is 0 Å². The first-order chi connectivity index (χ1) is 8.81. The number of hydrogen-bond donors (Lipinski definition) is 1. The van der Waals surface area contributed by atoms with E-state index < -0.39 is 0 Å². The lowest BCUT2D eigenvalue weighted by Gasteiger charge is -2.09. The molecule has 0 radical (unpaired) electrons. The van der Waals surface area contributed by atoms with Crippen LogP contribution in [0.15, 0.2) is 36.5 Å². The molecule has 2 heteroatoms. The largest absolute Gasteiger partial charge is 0.393 e. The van der Waals surface area contributed by atoms with Gasteiger partial charge >= 0.3 is 0 Å². The van der Waals surface area contributed by atoms with Crippen LogP contribution >= 0.6 is 0 Å². The Hall–Kier alpha value is -1.41. The second-order valence-electron chi connectivity index (χ2n) is 4.82. The Bertz CT molecular complexity index is 490. The molecule has 0 aliphatic rings. The fourth-order valence-electron chi connectivity index (χ4n) is 2.38. The first kappa shape index (κ1) is 13.0. The summed E-state index contributed by atoms with van der Waals surface area (Å²) in [6.07, 6.45) is 6.66. The van der Waals surface area contributed by atoms with Gasteiger partial charge in [0, 0.05) is 11.6 Å². The van der Waals surface area contributed by atoms with Gasteiger partial charge in [0.25, 0.3) is 0 Å². The molecule has 0 aliphatic heterocycles. The molecule has 96 valence electrons. The van der Waals surface area contributed by atoms with E-state index in [0.717, 1.165) is 37.6 Å². The molecule has 1 aromatic heterocycles. The van der Waals surface area contributed by atoms with Crippen LogP contribution in [0.25, 0.3) is 10.9 Å². The van der Waals surface area contributed by atoms with E-state index in [-0.39, 0.29) is 6.10 Å². The van der Waals surface area contributed by atoms with Crippen LogP contribution in [0, 0.1) is 0 Å². The van der Waals surface area contributed by atoms with E-state index in [4.69, 9.17) is 0 Å². The van der Waals surface area contributed by atoms with Crippen molar-refractivity contribution in [2.45, 2.75) is 45.1 Å². The minimum absolute atomic E-state index is 0.136. The van der Waals surface area contributed by atoms with Gasteiger partial charge in [-0.2, -0.15) is 0 Å². The zero-order chi connectivity index (χ0) is 12.8. The van der Waals surface area contributed by atoms with E-state index in [1.807, 2.05) is 18.3 Å². The van der Waals surface area contributed by atoms with Crippen molar-refractivity contribution in [2.75, 3.05) is 0 Å². The Morgan fingerprint density at radius 3 is 2.83 bits per heavy atom. The third kappa shape index (κ3) is 3.30. The number of aryl methyl sites for hydroxylation is 1. The van der Waals surface area contributed by atoms with Crippen molar-refractivity contribution in [3.63, 3.8) is 0 Å². The van der Waals surface area contributed by atoms with E-state index in [1.165, 1.54) is 10.9 Å². The molecule has 1 aromatic carbocycles. The molecule has 18 heavy (non-hydrogen) atoms. The van der Waals surface area contributed by atoms with E-state index in [2.05, 4.69) is 30.1 Å². The van der Waals surface area contributed by atoms with Gasteiger partial charge < -0.3 is 5.11 Å². The maximum atomic E-state index is 9.73. The lowest BCUT2D eigenvalue weighted by atomic mass is 10.0. The molecule has 0 amide bonds. The Kier molecular flexibility index (Phi) is 4.71. The quantitative estimate of drug-likeness (QED) is 0.838. The second-order valence-corrected chi connectivity index (χ2v) is 4.82. The molecule has 0 aliphatic carbocycles. The molecule has 1 N–H and O–H groups in total. The van der Waals surface area contributed by atoms with Crippen LogP contribution in [0.5, 0.6) is 0 Å². The highest BCUT2D eigenvalue weighted by Gasteiger charge is 2.04. The van der Waals surface area contributed by atoms with Crippen LogP contribution in [0.1, 0.15) is 38.2 Å². The minimum atomic E-state index is -0.136. The average Bonchev–Trinajstić information content (AvgIpc) is 2.39. The van der Waals surface area contributed by atoms with Crippen molar-refractivity contribution < 1.29 is 5.11 Å². The molecule has 0 saturated carbocycles. The Balaban J connectivity index is 1.99. The zero-order valence-electron chi connectivity index (χ0n) is 11.0. The molecule has 2 aromatic rings. The Labute approximate surface area is 109 Å². The zero-order valence-corrected chi connectivity index (χ0v) is 11.0. The number of benzene rings is 1. The summed E-state index contributed by atoms with van der Waals surface area (Å²) in [7, 11) is 0. The van der Waals surface area contributed by atoms with E-state index in [9.17, 15) is 5.11 Å². The molecule has 0 saturated heterocycles. The summed E-state index contributed by atoms with van der Waals surface area (Å²) in [4.78, 5) is 4.37. The molecule has 1 heterocycles. The van der Waals surface area contributed by atoms with Crippen molar-refractivity contribution in [1.82, 2.24) is 4.98 Å². The lowest BCUT2D eigenvalue weighted by Crippen LogP contribution is -2.06. The van der Waals surface area contributed by atoms with Gasteiger partial charge in [0.05, 0.1) is 11.6 Å².